The molecule has 168 valence electrons. The summed E-state index contributed by atoms with van der Waals surface area (Å²) in [5.74, 6) is 4.57. The third kappa shape index (κ3) is 8.55. The molecule has 1 rings (SSSR count). The topological polar surface area (TPSA) is 96.7 Å². The van der Waals surface area contributed by atoms with E-state index in [9.17, 15) is 9.59 Å². The number of nitrogens with zero attached hydrogens (tertiary/aromatic N) is 1. The zero-order valence-electron chi connectivity index (χ0n) is 19.3. The number of anilines is 1. The molecule has 1 aromatic carbocycles. The maximum Gasteiger partial charge on any atom is 0.331 e. The second-order valence-electron chi connectivity index (χ2n) is 8.39. The van der Waals surface area contributed by atoms with Crippen LogP contribution >= 0.6 is 0 Å². The van der Waals surface area contributed by atoms with Crippen LogP contribution in [0.3, 0.4) is 0 Å². The number of amides is 1. The molecule has 0 radical (unpaired) electrons. The maximum atomic E-state index is 12.7. The third-order valence-electron chi connectivity index (χ3n) is 4.53. The summed E-state index contributed by atoms with van der Waals surface area (Å²) in [6, 6.07) is 5.67. The van der Waals surface area contributed by atoms with Crippen molar-refractivity contribution in [2.75, 3.05) is 18.0 Å². The molecular weight excluding hydrogens is 380 g/mol. The number of hydrogen-bond donors (Lipinski definition) is 3. The minimum Gasteiger partial charge on any atom is -0.457 e. The van der Waals surface area contributed by atoms with Gasteiger partial charge in [-0.05, 0) is 63.8 Å². The number of rotatable bonds is 11. The molecule has 7 nitrogen and oxygen atoms in total. The van der Waals surface area contributed by atoms with E-state index in [1.807, 2.05) is 39.8 Å². The Morgan fingerprint density at radius 2 is 1.73 bits per heavy atom. The SMILES string of the molecule is CCCCN(CCCC)c1ccc(/C(C)=C/C(=O)OC(C)(C)C)cc1C(=O)NNN. The Hall–Kier alpha value is -2.38. The Balaban J connectivity index is 3.31. The standard InChI is InChI=1S/C23H38N4O3/c1-7-9-13-27(14-10-8-2)20-12-11-18(16-19(20)22(29)25-26-24)17(3)15-21(28)30-23(4,5)6/h11-12,15-16,26H,7-10,13-14,24H2,1-6H3,(H,25,29)/b17-15+. The molecule has 7 heteroatoms. The van der Waals surface area contributed by atoms with Crippen LogP contribution in [0, 0.1) is 0 Å². The Kier molecular flexibility index (Phi) is 10.6. The molecule has 0 atom stereocenters. The molecule has 0 saturated heterocycles. The van der Waals surface area contributed by atoms with Crippen LogP contribution in [0.5, 0.6) is 0 Å². The summed E-state index contributed by atoms with van der Waals surface area (Å²) in [6.07, 6.45) is 5.68. The van der Waals surface area contributed by atoms with Gasteiger partial charge in [0, 0.05) is 24.9 Å². The number of carbonyl (C=O) groups excluding carboxylic acids is 2. The second-order valence-corrected chi connectivity index (χ2v) is 8.39. The number of ether oxygens (including phenoxy) is 1. The molecule has 1 amide bonds. The highest BCUT2D eigenvalue weighted by molar-refractivity contribution is 6.01. The van der Waals surface area contributed by atoms with Crippen LogP contribution < -0.4 is 21.7 Å². The first-order valence-electron chi connectivity index (χ1n) is 10.7. The average Bonchev–Trinajstić information content (AvgIpc) is 2.66. The summed E-state index contributed by atoms with van der Waals surface area (Å²) in [7, 11) is 0. The monoisotopic (exact) mass is 418 g/mol. The molecule has 0 aliphatic carbocycles. The predicted octanol–water partition coefficient (Wildman–Crippen LogP) is 3.95. The van der Waals surface area contributed by atoms with Crippen molar-refractivity contribution in [1.82, 2.24) is 11.0 Å². The molecule has 0 saturated carbocycles. The Morgan fingerprint density at radius 3 is 2.23 bits per heavy atom. The molecule has 30 heavy (non-hydrogen) atoms. The number of nitrogens with one attached hydrogen (secondary N) is 2. The summed E-state index contributed by atoms with van der Waals surface area (Å²) < 4.78 is 5.37. The van der Waals surface area contributed by atoms with Gasteiger partial charge in [-0.25, -0.2) is 4.79 Å². The quantitative estimate of drug-likeness (QED) is 0.218. The van der Waals surface area contributed by atoms with E-state index in [0.717, 1.165) is 55.6 Å². The number of unbranched alkanes of at least 4 members (excludes halogenated alkanes) is 2. The molecule has 0 unspecified atom stereocenters. The molecule has 0 heterocycles. The first-order chi connectivity index (χ1) is 14.1. The van der Waals surface area contributed by atoms with E-state index in [0.29, 0.717) is 5.56 Å². The van der Waals surface area contributed by atoms with Crippen LogP contribution in [0.25, 0.3) is 5.57 Å². The van der Waals surface area contributed by atoms with Crippen molar-refractivity contribution in [2.24, 2.45) is 5.84 Å². The van der Waals surface area contributed by atoms with E-state index in [1.54, 1.807) is 6.07 Å². The minimum absolute atomic E-state index is 0.322. The number of nitrogens with two attached hydrogens (primary N) is 1. The van der Waals surface area contributed by atoms with Crippen molar-refractivity contribution in [1.29, 1.82) is 0 Å². The zero-order chi connectivity index (χ0) is 22.7. The highest BCUT2D eigenvalue weighted by Gasteiger charge is 2.19. The van der Waals surface area contributed by atoms with E-state index >= 15 is 0 Å². The smallest absolute Gasteiger partial charge is 0.331 e. The van der Waals surface area contributed by atoms with Crippen LogP contribution in [-0.4, -0.2) is 30.6 Å². The van der Waals surface area contributed by atoms with Crippen LogP contribution in [0.2, 0.25) is 0 Å². The summed E-state index contributed by atoms with van der Waals surface area (Å²) in [4.78, 5) is 27.1. The first-order valence-corrected chi connectivity index (χ1v) is 10.7. The molecule has 4 N–H and O–H groups in total. The highest BCUT2D eigenvalue weighted by atomic mass is 16.6. The molecule has 0 bridgehead atoms. The van der Waals surface area contributed by atoms with Gasteiger partial charge in [-0.2, -0.15) is 5.53 Å². The Bertz CT molecular complexity index is 730. The fourth-order valence-electron chi connectivity index (χ4n) is 3.01. The van der Waals surface area contributed by atoms with Gasteiger partial charge >= 0.3 is 5.97 Å². The van der Waals surface area contributed by atoms with Gasteiger partial charge in [-0.3, -0.25) is 16.1 Å². The average molecular weight is 419 g/mol. The lowest BCUT2D eigenvalue weighted by Gasteiger charge is -2.27. The number of esters is 1. The largest absolute Gasteiger partial charge is 0.457 e. The van der Waals surface area contributed by atoms with Crippen molar-refractivity contribution in [3.05, 3.63) is 35.4 Å². The lowest BCUT2D eigenvalue weighted by molar-refractivity contribution is -0.148. The molecule has 1 aromatic rings. The zero-order valence-corrected chi connectivity index (χ0v) is 19.3. The van der Waals surface area contributed by atoms with Crippen LogP contribution in [0.1, 0.15) is 83.1 Å². The number of benzene rings is 1. The van der Waals surface area contributed by atoms with E-state index in [2.05, 4.69) is 29.7 Å². The lowest BCUT2D eigenvalue weighted by Crippen LogP contribution is -2.43. The maximum absolute atomic E-state index is 12.7. The number of hydrazine groups is 2. The van der Waals surface area contributed by atoms with Gasteiger partial charge in [-0.15, -0.1) is 0 Å². The van der Waals surface area contributed by atoms with E-state index in [-0.39, 0.29) is 5.91 Å². The van der Waals surface area contributed by atoms with Gasteiger partial charge in [0.05, 0.1) is 5.56 Å². The van der Waals surface area contributed by atoms with Gasteiger partial charge < -0.3 is 9.64 Å². The van der Waals surface area contributed by atoms with Crippen LogP contribution in [0.4, 0.5) is 5.69 Å². The van der Waals surface area contributed by atoms with Crippen LogP contribution in [-0.2, 0) is 9.53 Å². The van der Waals surface area contributed by atoms with Crippen molar-refractivity contribution < 1.29 is 14.3 Å². The van der Waals surface area contributed by atoms with Gasteiger partial charge in [0.25, 0.3) is 5.91 Å². The third-order valence-corrected chi connectivity index (χ3v) is 4.53. The van der Waals surface area contributed by atoms with Gasteiger partial charge in [-0.1, -0.05) is 32.8 Å². The predicted molar refractivity (Wildman–Crippen MR) is 123 cm³/mol. The number of hydrogen-bond acceptors (Lipinski definition) is 6. The molecule has 0 aromatic heterocycles. The van der Waals surface area contributed by atoms with Gasteiger partial charge in [0.1, 0.15) is 5.60 Å². The molecule has 0 fully saturated rings. The van der Waals surface area contributed by atoms with E-state index in [4.69, 9.17) is 10.6 Å². The van der Waals surface area contributed by atoms with Crippen molar-refractivity contribution in [3.63, 3.8) is 0 Å². The van der Waals surface area contributed by atoms with Crippen molar-refractivity contribution >= 4 is 23.1 Å². The van der Waals surface area contributed by atoms with E-state index in [1.165, 1.54) is 6.08 Å². The minimum atomic E-state index is -0.561. The normalized spacial score (nSPS) is 11.9. The van der Waals surface area contributed by atoms with E-state index < -0.39 is 11.6 Å². The number of carbonyl (C=O) groups is 2. The fraction of sp³-hybridized carbons (Fsp3) is 0.565. The molecule has 0 aliphatic heterocycles. The summed E-state index contributed by atoms with van der Waals surface area (Å²) in [6.45, 7) is 13.4. The first kappa shape index (κ1) is 25.7. The molecule has 0 spiro atoms. The highest BCUT2D eigenvalue weighted by Crippen LogP contribution is 2.27. The fourth-order valence-corrected chi connectivity index (χ4v) is 3.01. The Labute approximate surface area is 181 Å². The molecular formula is C23H38N4O3. The molecule has 0 aliphatic rings. The van der Waals surface area contributed by atoms with Gasteiger partial charge in [0.15, 0.2) is 0 Å². The summed E-state index contributed by atoms with van der Waals surface area (Å²) in [5.41, 5.74) is 6.98. The Morgan fingerprint density at radius 1 is 1.13 bits per heavy atom. The van der Waals surface area contributed by atoms with Crippen LogP contribution in [0.15, 0.2) is 24.3 Å². The van der Waals surface area contributed by atoms with Crippen molar-refractivity contribution in [3.8, 4) is 0 Å². The van der Waals surface area contributed by atoms with Gasteiger partial charge in [0.2, 0.25) is 0 Å². The summed E-state index contributed by atoms with van der Waals surface area (Å²) in [5, 5.41) is 0. The summed E-state index contributed by atoms with van der Waals surface area (Å²) >= 11 is 0. The lowest BCUT2D eigenvalue weighted by atomic mass is 10.0. The number of allylic oxidation sites excluding steroid dienone is 1. The second kappa shape index (κ2) is 12.3. The van der Waals surface area contributed by atoms with Crippen molar-refractivity contribution in [2.45, 2.75) is 72.8 Å².